The zero-order valence-electron chi connectivity index (χ0n) is 14.4. The number of benzene rings is 1. The van der Waals surface area contributed by atoms with Crippen molar-refractivity contribution in [2.45, 2.75) is 45.2 Å². The van der Waals surface area contributed by atoms with Gasteiger partial charge >= 0.3 is 0 Å². The molecule has 0 amide bonds. The SMILES string of the molecule is CC(C)CS(=O)(=O)N(C)[C@@H]1CCN2CCc3ccccc3C2C1. The summed E-state index contributed by atoms with van der Waals surface area (Å²) >= 11 is 0. The number of hydrogen-bond donors (Lipinski definition) is 0. The van der Waals surface area contributed by atoms with Crippen LogP contribution in [0.2, 0.25) is 0 Å². The van der Waals surface area contributed by atoms with Gasteiger partial charge in [-0.1, -0.05) is 38.1 Å². The van der Waals surface area contributed by atoms with Gasteiger partial charge in [0.05, 0.1) is 5.75 Å². The third kappa shape index (κ3) is 3.47. The topological polar surface area (TPSA) is 40.6 Å². The van der Waals surface area contributed by atoms with Gasteiger partial charge in [-0.15, -0.1) is 0 Å². The molecule has 2 aliphatic rings. The van der Waals surface area contributed by atoms with Crippen LogP contribution in [0.15, 0.2) is 24.3 Å². The minimum atomic E-state index is -3.16. The van der Waals surface area contributed by atoms with Gasteiger partial charge < -0.3 is 0 Å². The zero-order valence-corrected chi connectivity index (χ0v) is 15.2. The van der Waals surface area contributed by atoms with E-state index in [0.717, 1.165) is 32.4 Å². The lowest BCUT2D eigenvalue weighted by Crippen LogP contribution is -2.49. The molecule has 4 nitrogen and oxygen atoms in total. The van der Waals surface area contributed by atoms with E-state index in [0.29, 0.717) is 6.04 Å². The lowest BCUT2D eigenvalue weighted by Gasteiger charge is -2.45. The van der Waals surface area contributed by atoms with Crippen LogP contribution in [0.25, 0.3) is 0 Å². The molecule has 0 spiro atoms. The second kappa shape index (κ2) is 6.54. The Bertz CT molecular complexity index is 657. The molecule has 1 unspecified atom stereocenters. The van der Waals surface area contributed by atoms with Gasteiger partial charge in [0.15, 0.2) is 0 Å². The first-order chi connectivity index (χ1) is 10.9. The Hall–Kier alpha value is -0.910. The third-order valence-electron chi connectivity index (χ3n) is 5.27. The van der Waals surface area contributed by atoms with E-state index in [9.17, 15) is 8.42 Å². The van der Waals surface area contributed by atoms with E-state index in [1.54, 1.807) is 11.4 Å². The van der Waals surface area contributed by atoms with Gasteiger partial charge in [-0.3, -0.25) is 4.90 Å². The maximum atomic E-state index is 12.6. The monoisotopic (exact) mass is 336 g/mol. The van der Waals surface area contributed by atoms with Gasteiger partial charge in [0.2, 0.25) is 10.0 Å². The van der Waals surface area contributed by atoms with Gasteiger partial charge in [-0.05, 0) is 36.3 Å². The molecule has 1 saturated heterocycles. The molecule has 1 aromatic carbocycles. The number of nitrogens with zero attached hydrogens (tertiary/aromatic N) is 2. The van der Waals surface area contributed by atoms with Gasteiger partial charge in [0.1, 0.15) is 0 Å². The first-order valence-electron chi connectivity index (χ1n) is 8.66. The predicted molar refractivity (Wildman–Crippen MR) is 93.9 cm³/mol. The first-order valence-corrected chi connectivity index (χ1v) is 10.3. The number of piperidine rings is 1. The number of sulfonamides is 1. The Balaban J connectivity index is 1.79. The van der Waals surface area contributed by atoms with Crippen molar-refractivity contribution in [3.05, 3.63) is 35.4 Å². The van der Waals surface area contributed by atoms with Crippen molar-refractivity contribution >= 4 is 10.0 Å². The van der Waals surface area contributed by atoms with E-state index in [1.807, 2.05) is 13.8 Å². The lowest BCUT2D eigenvalue weighted by atomic mass is 9.85. The average Bonchev–Trinajstić information content (AvgIpc) is 2.52. The summed E-state index contributed by atoms with van der Waals surface area (Å²) in [7, 11) is -1.39. The van der Waals surface area contributed by atoms with E-state index in [-0.39, 0.29) is 17.7 Å². The number of fused-ring (bicyclic) bond motifs is 3. The van der Waals surface area contributed by atoms with Crippen LogP contribution >= 0.6 is 0 Å². The van der Waals surface area contributed by atoms with Crippen molar-refractivity contribution in [2.24, 2.45) is 5.92 Å². The lowest BCUT2D eigenvalue weighted by molar-refractivity contribution is 0.0969. The van der Waals surface area contributed by atoms with Gasteiger partial charge in [0.25, 0.3) is 0 Å². The minimum Gasteiger partial charge on any atom is -0.296 e. The normalized spacial score (nSPS) is 25.4. The molecule has 128 valence electrons. The summed E-state index contributed by atoms with van der Waals surface area (Å²) in [6.45, 7) is 6.01. The standard InChI is InChI=1S/C18H28N2O2S/c1-14(2)13-23(21,22)19(3)16-9-11-20-10-8-15-6-4-5-7-17(15)18(20)12-16/h4-7,14,16,18H,8-13H2,1-3H3/t16-,18?/m1/s1. The minimum absolute atomic E-state index is 0.117. The van der Waals surface area contributed by atoms with Gasteiger partial charge in [-0.25, -0.2) is 12.7 Å². The average molecular weight is 337 g/mol. The summed E-state index contributed by atoms with van der Waals surface area (Å²) in [5.41, 5.74) is 2.83. The number of rotatable bonds is 4. The van der Waals surface area contributed by atoms with Crippen molar-refractivity contribution in [3.8, 4) is 0 Å². The van der Waals surface area contributed by atoms with Crippen LogP contribution in [0.5, 0.6) is 0 Å². The summed E-state index contributed by atoms with van der Waals surface area (Å²) in [5, 5.41) is 0. The molecular formula is C18H28N2O2S. The van der Waals surface area contributed by atoms with E-state index < -0.39 is 10.0 Å². The molecular weight excluding hydrogens is 308 g/mol. The van der Waals surface area contributed by atoms with E-state index >= 15 is 0 Å². The Labute approximate surface area is 140 Å². The third-order valence-corrected chi connectivity index (χ3v) is 7.53. The summed E-state index contributed by atoms with van der Waals surface area (Å²) in [6, 6.07) is 9.13. The molecule has 23 heavy (non-hydrogen) atoms. The Kier molecular flexibility index (Phi) is 4.81. The van der Waals surface area contributed by atoms with Crippen LogP contribution in [-0.2, 0) is 16.4 Å². The fourth-order valence-electron chi connectivity index (χ4n) is 4.03. The summed E-state index contributed by atoms with van der Waals surface area (Å²) in [4.78, 5) is 2.53. The quantitative estimate of drug-likeness (QED) is 0.849. The van der Waals surface area contributed by atoms with Crippen molar-refractivity contribution in [1.29, 1.82) is 0 Å². The second-order valence-electron chi connectivity index (χ2n) is 7.37. The van der Waals surface area contributed by atoms with Crippen LogP contribution in [0, 0.1) is 5.92 Å². The molecule has 1 aromatic rings. The van der Waals surface area contributed by atoms with Crippen molar-refractivity contribution in [3.63, 3.8) is 0 Å². The molecule has 0 saturated carbocycles. The molecule has 3 rings (SSSR count). The number of hydrogen-bond acceptors (Lipinski definition) is 3. The van der Waals surface area contributed by atoms with E-state index in [2.05, 4.69) is 29.2 Å². The van der Waals surface area contributed by atoms with Gasteiger partial charge in [-0.2, -0.15) is 0 Å². The molecule has 2 atom stereocenters. The van der Waals surface area contributed by atoms with Crippen molar-refractivity contribution in [2.75, 3.05) is 25.9 Å². The Morgan fingerprint density at radius 1 is 1.26 bits per heavy atom. The molecule has 5 heteroatoms. The highest BCUT2D eigenvalue weighted by molar-refractivity contribution is 7.89. The Morgan fingerprint density at radius 3 is 2.74 bits per heavy atom. The van der Waals surface area contributed by atoms with Crippen LogP contribution in [-0.4, -0.2) is 49.6 Å². The van der Waals surface area contributed by atoms with Crippen molar-refractivity contribution in [1.82, 2.24) is 9.21 Å². The fraction of sp³-hybridized carbons (Fsp3) is 0.667. The van der Waals surface area contributed by atoms with Crippen LogP contribution in [0.3, 0.4) is 0 Å². The molecule has 2 aliphatic heterocycles. The van der Waals surface area contributed by atoms with E-state index in [4.69, 9.17) is 0 Å². The largest absolute Gasteiger partial charge is 0.296 e. The molecule has 2 heterocycles. The van der Waals surface area contributed by atoms with Crippen LogP contribution in [0.1, 0.15) is 43.9 Å². The van der Waals surface area contributed by atoms with Crippen LogP contribution in [0.4, 0.5) is 0 Å². The zero-order chi connectivity index (χ0) is 16.6. The maximum Gasteiger partial charge on any atom is 0.214 e. The smallest absolute Gasteiger partial charge is 0.214 e. The summed E-state index contributed by atoms with van der Waals surface area (Å²) in [6.07, 6.45) is 2.95. The first kappa shape index (κ1) is 16.9. The molecule has 0 aromatic heterocycles. The van der Waals surface area contributed by atoms with Gasteiger partial charge in [0, 0.05) is 32.2 Å². The summed E-state index contributed by atoms with van der Waals surface area (Å²) < 4.78 is 26.8. The highest BCUT2D eigenvalue weighted by Gasteiger charge is 2.37. The molecule has 0 radical (unpaired) electrons. The van der Waals surface area contributed by atoms with Crippen molar-refractivity contribution < 1.29 is 8.42 Å². The van der Waals surface area contributed by atoms with E-state index in [1.165, 1.54) is 11.1 Å². The highest BCUT2D eigenvalue weighted by atomic mass is 32.2. The summed E-state index contributed by atoms with van der Waals surface area (Å²) in [5.74, 6) is 0.406. The highest BCUT2D eigenvalue weighted by Crippen LogP contribution is 2.38. The van der Waals surface area contributed by atoms with Crippen LogP contribution < -0.4 is 0 Å². The molecule has 0 N–H and O–H groups in total. The Morgan fingerprint density at radius 2 is 2.00 bits per heavy atom. The predicted octanol–water partition coefficient (Wildman–Crippen LogP) is 2.67. The maximum absolute atomic E-state index is 12.6. The second-order valence-corrected chi connectivity index (χ2v) is 9.44. The fourth-order valence-corrected chi connectivity index (χ4v) is 5.76. The molecule has 0 aliphatic carbocycles. The molecule has 0 bridgehead atoms. The molecule has 1 fully saturated rings.